The maximum atomic E-state index is 11.0. The Kier molecular flexibility index (Phi) is 5.17. The van der Waals surface area contributed by atoms with Crippen molar-refractivity contribution in [1.29, 1.82) is 0 Å². The topological polar surface area (TPSA) is 67.2 Å². The van der Waals surface area contributed by atoms with E-state index in [1.807, 2.05) is 17.9 Å². The summed E-state index contributed by atoms with van der Waals surface area (Å²) in [5, 5.41) is 4.24. The van der Waals surface area contributed by atoms with Gasteiger partial charge in [0, 0.05) is 37.9 Å². The van der Waals surface area contributed by atoms with Crippen molar-refractivity contribution < 1.29 is 8.42 Å². The van der Waals surface area contributed by atoms with Gasteiger partial charge < -0.3 is 4.90 Å². The number of nitrogens with zero attached hydrogens (tertiary/aromatic N) is 3. The van der Waals surface area contributed by atoms with E-state index in [2.05, 4.69) is 20.8 Å². The Hall–Kier alpha value is -0.920. The monoisotopic (exact) mass is 300 g/mol. The molecule has 1 aromatic heterocycles. The summed E-state index contributed by atoms with van der Waals surface area (Å²) in [6.07, 6.45) is 6.30. The van der Waals surface area contributed by atoms with Crippen molar-refractivity contribution in [3.8, 4) is 0 Å². The second-order valence-electron chi connectivity index (χ2n) is 5.54. The summed E-state index contributed by atoms with van der Waals surface area (Å²) in [5.74, 6) is 0.541. The SMILES string of the molecule is Cn1nccc1[C@@H]1CCCN(CCCNS(C)(=O)=O)C1. The van der Waals surface area contributed by atoms with E-state index in [-0.39, 0.29) is 0 Å². The molecule has 0 saturated carbocycles. The summed E-state index contributed by atoms with van der Waals surface area (Å²) in [5.41, 5.74) is 1.30. The molecule has 1 aliphatic rings. The number of aromatic nitrogens is 2. The molecule has 2 heterocycles. The molecule has 0 spiro atoms. The molecule has 1 fully saturated rings. The van der Waals surface area contributed by atoms with E-state index in [0.717, 1.165) is 26.1 Å². The lowest BCUT2D eigenvalue weighted by Gasteiger charge is -2.32. The Morgan fingerprint density at radius 2 is 2.30 bits per heavy atom. The Labute approximate surface area is 121 Å². The first-order valence-electron chi connectivity index (χ1n) is 7.10. The van der Waals surface area contributed by atoms with Gasteiger partial charge in [-0.3, -0.25) is 4.68 Å². The van der Waals surface area contributed by atoms with Crippen molar-refractivity contribution in [1.82, 2.24) is 19.4 Å². The van der Waals surface area contributed by atoms with Crippen LogP contribution in [0, 0.1) is 0 Å². The normalized spacial score (nSPS) is 21.2. The average molecular weight is 300 g/mol. The quantitative estimate of drug-likeness (QED) is 0.779. The van der Waals surface area contributed by atoms with Crippen molar-refractivity contribution in [2.24, 2.45) is 7.05 Å². The van der Waals surface area contributed by atoms with Crippen LogP contribution in [0.2, 0.25) is 0 Å². The highest BCUT2D eigenvalue weighted by molar-refractivity contribution is 7.88. The predicted octanol–water partition coefficient (Wildman–Crippen LogP) is 0.539. The van der Waals surface area contributed by atoms with Crippen LogP contribution in [0.1, 0.15) is 30.9 Å². The Balaban J connectivity index is 1.78. The van der Waals surface area contributed by atoms with Gasteiger partial charge in [0.05, 0.1) is 6.26 Å². The lowest BCUT2D eigenvalue weighted by molar-refractivity contribution is 0.202. The van der Waals surface area contributed by atoms with Crippen molar-refractivity contribution in [2.45, 2.75) is 25.2 Å². The highest BCUT2D eigenvalue weighted by Crippen LogP contribution is 2.26. The molecule has 0 aliphatic carbocycles. The number of rotatable bonds is 6. The van der Waals surface area contributed by atoms with Gasteiger partial charge in [0.25, 0.3) is 0 Å². The third-order valence-corrected chi connectivity index (χ3v) is 4.53. The molecule has 1 aliphatic heterocycles. The molecule has 20 heavy (non-hydrogen) atoms. The molecule has 7 heteroatoms. The fourth-order valence-corrected chi connectivity index (χ4v) is 3.36. The molecule has 6 nitrogen and oxygen atoms in total. The van der Waals surface area contributed by atoms with Gasteiger partial charge >= 0.3 is 0 Å². The molecule has 1 N–H and O–H groups in total. The number of hydrogen-bond donors (Lipinski definition) is 1. The summed E-state index contributed by atoms with van der Waals surface area (Å²) < 4.78 is 26.5. The van der Waals surface area contributed by atoms with E-state index in [4.69, 9.17) is 0 Å². The van der Waals surface area contributed by atoms with Gasteiger partial charge in [0.15, 0.2) is 0 Å². The van der Waals surface area contributed by atoms with Gasteiger partial charge in [-0.15, -0.1) is 0 Å². The van der Waals surface area contributed by atoms with E-state index >= 15 is 0 Å². The Bertz CT molecular complexity index is 526. The maximum Gasteiger partial charge on any atom is 0.208 e. The number of aryl methyl sites for hydroxylation is 1. The standard InChI is InChI=1S/C13H24N4O2S/c1-16-13(6-8-14-16)12-5-3-9-17(11-12)10-4-7-15-20(2,18)19/h6,8,12,15H,3-5,7,9-11H2,1-2H3/t12-/m1/s1. The van der Waals surface area contributed by atoms with Gasteiger partial charge in [-0.2, -0.15) is 5.10 Å². The molecule has 0 radical (unpaired) electrons. The van der Waals surface area contributed by atoms with Crippen molar-refractivity contribution >= 4 is 10.0 Å². The van der Waals surface area contributed by atoms with Crippen molar-refractivity contribution in [2.75, 3.05) is 32.4 Å². The summed E-state index contributed by atoms with van der Waals surface area (Å²) in [4.78, 5) is 2.42. The van der Waals surface area contributed by atoms with Crippen molar-refractivity contribution in [3.05, 3.63) is 18.0 Å². The number of likely N-dealkylation sites (tertiary alicyclic amines) is 1. The Morgan fingerprint density at radius 3 is 2.95 bits per heavy atom. The number of sulfonamides is 1. The van der Waals surface area contributed by atoms with Crippen LogP contribution in [0.4, 0.5) is 0 Å². The second-order valence-corrected chi connectivity index (χ2v) is 7.37. The van der Waals surface area contributed by atoms with E-state index in [1.165, 1.54) is 24.8 Å². The Morgan fingerprint density at radius 1 is 1.50 bits per heavy atom. The van der Waals surface area contributed by atoms with Crippen LogP contribution in [-0.2, 0) is 17.1 Å². The first kappa shape index (κ1) is 15.5. The van der Waals surface area contributed by atoms with Gasteiger partial charge in [0.2, 0.25) is 10.0 Å². The van der Waals surface area contributed by atoms with Crippen LogP contribution in [0.5, 0.6) is 0 Å². The van der Waals surface area contributed by atoms with Crippen LogP contribution in [0.3, 0.4) is 0 Å². The smallest absolute Gasteiger partial charge is 0.208 e. The molecule has 1 atom stereocenters. The summed E-state index contributed by atoms with van der Waals surface area (Å²) >= 11 is 0. The molecular weight excluding hydrogens is 276 g/mol. The lowest BCUT2D eigenvalue weighted by Crippen LogP contribution is -2.37. The number of nitrogens with one attached hydrogen (secondary N) is 1. The van der Waals surface area contributed by atoms with E-state index < -0.39 is 10.0 Å². The largest absolute Gasteiger partial charge is 0.303 e. The third kappa shape index (κ3) is 4.57. The molecule has 1 saturated heterocycles. The maximum absolute atomic E-state index is 11.0. The predicted molar refractivity (Wildman–Crippen MR) is 79.1 cm³/mol. The fourth-order valence-electron chi connectivity index (χ4n) is 2.84. The molecule has 1 aromatic rings. The van der Waals surface area contributed by atoms with E-state index in [0.29, 0.717) is 12.5 Å². The molecule has 114 valence electrons. The zero-order valence-corrected chi connectivity index (χ0v) is 13.1. The van der Waals surface area contributed by atoms with Crippen LogP contribution in [0.25, 0.3) is 0 Å². The number of hydrogen-bond acceptors (Lipinski definition) is 4. The molecule has 0 amide bonds. The summed E-state index contributed by atoms with van der Waals surface area (Å²) in [6.45, 7) is 3.61. The highest BCUT2D eigenvalue weighted by Gasteiger charge is 2.22. The van der Waals surface area contributed by atoms with Crippen LogP contribution < -0.4 is 4.72 Å². The van der Waals surface area contributed by atoms with Crippen LogP contribution in [0.15, 0.2) is 12.3 Å². The molecule has 0 aromatic carbocycles. The first-order chi connectivity index (χ1) is 9.46. The minimum absolute atomic E-state index is 0.520. The number of piperidine rings is 1. The first-order valence-corrected chi connectivity index (χ1v) is 9.00. The summed E-state index contributed by atoms with van der Waals surface area (Å²) in [6, 6.07) is 2.10. The minimum atomic E-state index is -3.06. The van der Waals surface area contributed by atoms with Gasteiger partial charge in [-0.05, 0) is 38.4 Å². The van der Waals surface area contributed by atoms with Crippen LogP contribution >= 0.6 is 0 Å². The van der Waals surface area contributed by atoms with Gasteiger partial charge in [-0.25, -0.2) is 13.1 Å². The molecule has 2 rings (SSSR count). The lowest BCUT2D eigenvalue weighted by atomic mass is 9.94. The fraction of sp³-hybridized carbons (Fsp3) is 0.769. The third-order valence-electron chi connectivity index (χ3n) is 3.80. The van der Waals surface area contributed by atoms with E-state index in [9.17, 15) is 8.42 Å². The van der Waals surface area contributed by atoms with Crippen molar-refractivity contribution in [3.63, 3.8) is 0 Å². The zero-order valence-electron chi connectivity index (χ0n) is 12.2. The van der Waals surface area contributed by atoms with Crippen LogP contribution in [-0.4, -0.2) is 55.5 Å². The molecular formula is C13H24N4O2S. The zero-order chi connectivity index (χ0) is 14.6. The highest BCUT2D eigenvalue weighted by atomic mass is 32.2. The minimum Gasteiger partial charge on any atom is -0.303 e. The van der Waals surface area contributed by atoms with Gasteiger partial charge in [-0.1, -0.05) is 0 Å². The average Bonchev–Trinajstić information content (AvgIpc) is 2.80. The second kappa shape index (κ2) is 6.69. The molecule has 0 unspecified atom stereocenters. The summed E-state index contributed by atoms with van der Waals surface area (Å²) in [7, 11) is -1.07. The van der Waals surface area contributed by atoms with Gasteiger partial charge in [0.1, 0.15) is 0 Å². The van der Waals surface area contributed by atoms with E-state index in [1.54, 1.807) is 0 Å². The molecule has 0 bridgehead atoms.